The van der Waals surface area contributed by atoms with Crippen LogP contribution in [0.5, 0.6) is 0 Å². The van der Waals surface area contributed by atoms with Crippen LogP contribution < -0.4 is 9.80 Å². The first-order valence-electron chi connectivity index (χ1n) is 29.0. The lowest BCUT2D eigenvalue weighted by atomic mass is 9.67. The summed E-state index contributed by atoms with van der Waals surface area (Å²) in [7, 11) is 0. The van der Waals surface area contributed by atoms with Gasteiger partial charge in [0.15, 0.2) is 0 Å². The molecule has 0 aliphatic heterocycles. The van der Waals surface area contributed by atoms with Crippen LogP contribution >= 0.6 is 0 Å². The van der Waals surface area contributed by atoms with Crippen molar-refractivity contribution in [3.63, 3.8) is 0 Å². The molecule has 0 fully saturated rings. The van der Waals surface area contributed by atoms with E-state index in [0.29, 0.717) is 0 Å². The van der Waals surface area contributed by atoms with Gasteiger partial charge in [0.1, 0.15) is 0 Å². The van der Waals surface area contributed by atoms with E-state index in [1.54, 1.807) is 0 Å². The number of nitrogens with zero attached hydrogens (tertiary/aromatic N) is 2. The lowest BCUT2D eigenvalue weighted by molar-refractivity contribution is 0.767. The Kier molecular flexibility index (Phi) is 12.0. The molecule has 2 heteroatoms. The molecule has 0 radical (unpaired) electrons. The Labute approximate surface area is 486 Å². The third-order valence-corrected chi connectivity index (χ3v) is 17.6. The summed E-state index contributed by atoms with van der Waals surface area (Å²) in [6, 6.07) is 109. The number of hydrogen-bond donors (Lipinski definition) is 0. The van der Waals surface area contributed by atoms with E-state index < -0.39 is 5.41 Å². The molecule has 2 nitrogen and oxygen atoms in total. The Hall–Kier alpha value is -10.3. The van der Waals surface area contributed by atoms with Gasteiger partial charge in [0.25, 0.3) is 0 Å². The Morgan fingerprint density at radius 3 is 1.20 bits per heavy atom. The molecule has 394 valence electrons. The van der Waals surface area contributed by atoms with E-state index in [0.717, 1.165) is 39.7 Å². The molecule has 1 aliphatic carbocycles. The normalized spacial score (nSPS) is 12.4. The lowest BCUT2D eigenvalue weighted by Gasteiger charge is -2.35. The highest BCUT2D eigenvalue weighted by Crippen LogP contribution is 2.57. The molecule has 0 saturated heterocycles. The average molecular weight is 1060 g/mol. The molecule has 0 amide bonds. The molecule has 0 spiro atoms. The highest BCUT2D eigenvalue weighted by atomic mass is 15.2. The number of anilines is 6. The van der Waals surface area contributed by atoms with E-state index in [-0.39, 0.29) is 0 Å². The van der Waals surface area contributed by atoms with Crippen molar-refractivity contribution in [2.75, 3.05) is 9.80 Å². The molecular formula is C81H60N2. The predicted molar refractivity (Wildman–Crippen MR) is 352 cm³/mol. The van der Waals surface area contributed by atoms with Crippen LogP contribution in [0.4, 0.5) is 34.1 Å². The molecule has 83 heavy (non-hydrogen) atoms. The standard InChI is InChI=1S/C81H60N2/c1-53-23-19-28-59(47-53)81(75-41-17-15-39-71(75)72-40-16-18-42-76(72)81)60-29-22-34-64(52-60)82(61-30-9-6-10-31-61)77-49-55(3)65-44-46-74-78(50-56(4)66-43-45-73(77)79(65)80(66)74)83(62-32-20-24-54(2)48-62)63-33-21-27-58(51-63)68-36-12-14-38-70(68)69-37-13-11-35-67(69)57-25-7-5-8-26-57/h5-52H,1-4H3. The maximum atomic E-state index is 2.51. The zero-order valence-electron chi connectivity index (χ0n) is 47.1. The topological polar surface area (TPSA) is 6.48 Å². The molecule has 0 aromatic heterocycles. The van der Waals surface area contributed by atoms with Gasteiger partial charge in [-0.05, 0) is 193 Å². The third kappa shape index (κ3) is 8.08. The van der Waals surface area contributed by atoms with E-state index in [9.17, 15) is 0 Å². The van der Waals surface area contributed by atoms with E-state index in [1.807, 2.05) is 0 Å². The Morgan fingerprint density at radius 2 is 0.639 bits per heavy atom. The Morgan fingerprint density at radius 1 is 0.253 bits per heavy atom. The first-order valence-corrected chi connectivity index (χ1v) is 29.0. The maximum Gasteiger partial charge on any atom is 0.0714 e. The van der Waals surface area contributed by atoms with Gasteiger partial charge in [-0.15, -0.1) is 0 Å². The molecule has 0 N–H and O–H groups in total. The summed E-state index contributed by atoms with van der Waals surface area (Å²) in [5.41, 5.74) is 25.9. The highest BCUT2D eigenvalue weighted by molar-refractivity contribution is 6.29. The monoisotopic (exact) mass is 1060 g/mol. The van der Waals surface area contributed by atoms with Crippen LogP contribution in [-0.4, -0.2) is 0 Å². The van der Waals surface area contributed by atoms with Crippen molar-refractivity contribution in [1.29, 1.82) is 0 Å². The van der Waals surface area contributed by atoms with E-state index in [1.165, 1.54) is 116 Å². The molecular weight excluding hydrogens is 1000 g/mol. The van der Waals surface area contributed by atoms with Crippen LogP contribution in [-0.2, 0) is 5.41 Å². The number of benzene rings is 14. The molecule has 14 aromatic carbocycles. The van der Waals surface area contributed by atoms with Gasteiger partial charge in [-0.3, -0.25) is 0 Å². The van der Waals surface area contributed by atoms with Gasteiger partial charge in [-0.1, -0.05) is 236 Å². The van der Waals surface area contributed by atoms with Crippen molar-refractivity contribution in [3.05, 3.63) is 336 Å². The van der Waals surface area contributed by atoms with Crippen LogP contribution in [0.25, 0.3) is 76.8 Å². The van der Waals surface area contributed by atoms with Crippen LogP contribution in [0, 0.1) is 27.7 Å². The number of para-hydroxylation sites is 1. The van der Waals surface area contributed by atoms with Crippen LogP contribution in [0.15, 0.2) is 291 Å². The second-order valence-electron chi connectivity index (χ2n) is 22.6. The fraction of sp³-hybridized carbons (Fsp3) is 0.0617. The van der Waals surface area contributed by atoms with E-state index in [4.69, 9.17) is 0 Å². The highest BCUT2D eigenvalue weighted by Gasteiger charge is 2.46. The van der Waals surface area contributed by atoms with E-state index in [2.05, 4.69) is 329 Å². The minimum Gasteiger partial charge on any atom is -0.310 e. The minimum atomic E-state index is -0.552. The average Bonchev–Trinajstić information content (AvgIpc) is 3.26. The van der Waals surface area contributed by atoms with Crippen molar-refractivity contribution < 1.29 is 0 Å². The van der Waals surface area contributed by atoms with Crippen molar-refractivity contribution >= 4 is 66.4 Å². The van der Waals surface area contributed by atoms with Gasteiger partial charge < -0.3 is 9.80 Å². The largest absolute Gasteiger partial charge is 0.310 e. The van der Waals surface area contributed by atoms with Gasteiger partial charge in [0.2, 0.25) is 0 Å². The molecule has 15 rings (SSSR count). The van der Waals surface area contributed by atoms with E-state index >= 15 is 0 Å². The second kappa shape index (κ2) is 20.1. The van der Waals surface area contributed by atoms with Gasteiger partial charge in [-0.2, -0.15) is 0 Å². The summed E-state index contributed by atoms with van der Waals surface area (Å²) < 4.78 is 0. The first kappa shape index (κ1) is 49.7. The molecule has 14 aromatic rings. The summed E-state index contributed by atoms with van der Waals surface area (Å²) in [6.07, 6.45) is 0. The summed E-state index contributed by atoms with van der Waals surface area (Å²) in [4.78, 5) is 5.00. The quantitative estimate of drug-likeness (QED) is 0.119. The summed E-state index contributed by atoms with van der Waals surface area (Å²) in [5, 5.41) is 7.47. The summed E-state index contributed by atoms with van der Waals surface area (Å²) >= 11 is 0. The number of fused-ring (bicyclic) bond motifs is 3. The minimum absolute atomic E-state index is 0.552. The fourth-order valence-electron chi connectivity index (χ4n) is 14.0. The molecule has 0 bridgehead atoms. The summed E-state index contributed by atoms with van der Waals surface area (Å²) in [6.45, 7) is 8.99. The zero-order chi connectivity index (χ0) is 55.8. The Bertz CT molecular complexity index is 4760. The molecule has 0 atom stereocenters. The molecule has 0 heterocycles. The van der Waals surface area contributed by atoms with Gasteiger partial charge >= 0.3 is 0 Å². The van der Waals surface area contributed by atoms with Crippen molar-refractivity contribution in [2.45, 2.75) is 33.1 Å². The Balaban J connectivity index is 0.933. The van der Waals surface area contributed by atoms with Crippen molar-refractivity contribution in [1.82, 2.24) is 0 Å². The number of aryl methyl sites for hydroxylation is 4. The first-order chi connectivity index (χ1) is 40.8. The fourth-order valence-corrected chi connectivity index (χ4v) is 14.0. The SMILES string of the molecule is Cc1cccc(N(c2cccc(-c3ccccc3-c3ccccc3-c3ccccc3)c2)c2cc(C)c3ccc4c(N(c5ccccc5)c5cccc(C6(c7cccc(C)c7)c7ccccc7-c7ccccc76)c5)cc(C)c5ccc2c3c54)c1. The summed E-state index contributed by atoms with van der Waals surface area (Å²) in [5.74, 6) is 0. The molecule has 0 saturated carbocycles. The van der Waals surface area contributed by atoms with Crippen LogP contribution in [0.2, 0.25) is 0 Å². The zero-order valence-corrected chi connectivity index (χ0v) is 47.1. The van der Waals surface area contributed by atoms with Crippen molar-refractivity contribution in [3.8, 4) is 44.5 Å². The third-order valence-electron chi connectivity index (χ3n) is 17.6. The lowest BCUT2D eigenvalue weighted by Crippen LogP contribution is -2.29. The maximum absolute atomic E-state index is 2.51. The second-order valence-corrected chi connectivity index (χ2v) is 22.6. The molecule has 1 aliphatic rings. The van der Waals surface area contributed by atoms with Crippen molar-refractivity contribution in [2.24, 2.45) is 0 Å². The predicted octanol–water partition coefficient (Wildman–Crippen LogP) is 22.1. The van der Waals surface area contributed by atoms with Gasteiger partial charge in [0.05, 0.1) is 16.8 Å². The van der Waals surface area contributed by atoms with Crippen LogP contribution in [0.1, 0.15) is 44.5 Å². The molecule has 0 unspecified atom stereocenters. The smallest absolute Gasteiger partial charge is 0.0714 e. The van der Waals surface area contributed by atoms with Gasteiger partial charge in [0, 0.05) is 33.5 Å². The number of hydrogen-bond acceptors (Lipinski definition) is 2. The van der Waals surface area contributed by atoms with Gasteiger partial charge in [-0.25, -0.2) is 0 Å². The van der Waals surface area contributed by atoms with Crippen LogP contribution in [0.3, 0.4) is 0 Å². The number of rotatable bonds is 11.